The van der Waals surface area contributed by atoms with Crippen molar-refractivity contribution in [2.75, 3.05) is 38.3 Å². The Bertz CT molecular complexity index is 731. The SMILES string of the molecule is Cc1nc(CN(C)c2ncc(C(=O)N3CCOCC3)cc2Cl)cs1. The second-order valence-corrected chi connectivity index (χ2v) is 7.12. The number of pyridine rings is 1. The summed E-state index contributed by atoms with van der Waals surface area (Å²) in [5, 5.41) is 3.52. The van der Waals surface area contributed by atoms with Gasteiger partial charge in [0.25, 0.3) is 5.91 Å². The molecule has 2 aromatic heterocycles. The van der Waals surface area contributed by atoms with Crippen molar-refractivity contribution in [1.82, 2.24) is 14.9 Å². The van der Waals surface area contributed by atoms with Crippen LogP contribution in [-0.2, 0) is 11.3 Å². The van der Waals surface area contributed by atoms with Crippen molar-refractivity contribution < 1.29 is 9.53 Å². The first-order valence-electron chi connectivity index (χ1n) is 7.69. The molecular formula is C16H19ClN4O2S. The maximum Gasteiger partial charge on any atom is 0.255 e. The molecule has 1 fully saturated rings. The van der Waals surface area contributed by atoms with Gasteiger partial charge < -0.3 is 14.5 Å². The second-order valence-electron chi connectivity index (χ2n) is 5.65. The molecule has 1 aliphatic rings. The molecule has 3 rings (SSSR count). The van der Waals surface area contributed by atoms with Crippen LogP contribution < -0.4 is 4.90 Å². The van der Waals surface area contributed by atoms with E-state index in [0.29, 0.717) is 49.3 Å². The molecule has 24 heavy (non-hydrogen) atoms. The molecule has 0 bridgehead atoms. The highest BCUT2D eigenvalue weighted by atomic mass is 35.5. The topological polar surface area (TPSA) is 58.6 Å². The van der Waals surface area contributed by atoms with E-state index in [-0.39, 0.29) is 5.91 Å². The van der Waals surface area contributed by atoms with Gasteiger partial charge in [0.1, 0.15) is 5.82 Å². The van der Waals surface area contributed by atoms with E-state index in [4.69, 9.17) is 16.3 Å². The van der Waals surface area contributed by atoms with Gasteiger partial charge in [-0.2, -0.15) is 0 Å². The van der Waals surface area contributed by atoms with Crippen LogP contribution in [-0.4, -0.2) is 54.1 Å². The van der Waals surface area contributed by atoms with Gasteiger partial charge in [-0.15, -0.1) is 11.3 Å². The Kier molecular flexibility index (Phi) is 5.33. The van der Waals surface area contributed by atoms with Crippen LogP contribution in [0.15, 0.2) is 17.6 Å². The van der Waals surface area contributed by atoms with E-state index < -0.39 is 0 Å². The van der Waals surface area contributed by atoms with Crippen LogP contribution in [0.1, 0.15) is 21.1 Å². The summed E-state index contributed by atoms with van der Waals surface area (Å²) in [6.07, 6.45) is 1.59. The maximum atomic E-state index is 12.5. The fourth-order valence-electron chi connectivity index (χ4n) is 2.58. The molecule has 0 aromatic carbocycles. The van der Waals surface area contributed by atoms with Crippen molar-refractivity contribution in [3.63, 3.8) is 0 Å². The molecule has 8 heteroatoms. The number of amides is 1. The number of morpholine rings is 1. The Labute approximate surface area is 150 Å². The third-order valence-electron chi connectivity index (χ3n) is 3.79. The number of hydrogen-bond acceptors (Lipinski definition) is 6. The molecular weight excluding hydrogens is 348 g/mol. The van der Waals surface area contributed by atoms with Gasteiger partial charge in [0.15, 0.2) is 0 Å². The van der Waals surface area contributed by atoms with Gasteiger partial charge in [0, 0.05) is 31.7 Å². The number of rotatable bonds is 4. The monoisotopic (exact) mass is 366 g/mol. The first kappa shape index (κ1) is 17.1. The molecule has 3 heterocycles. The van der Waals surface area contributed by atoms with E-state index in [1.807, 2.05) is 24.3 Å². The summed E-state index contributed by atoms with van der Waals surface area (Å²) in [7, 11) is 1.91. The normalized spacial score (nSPS) is 14.7. The van der Waals surface area contributed by atoms with E-state index in [2.05, 4.69) is 9.97 Å². The second kappa shape index (κ2) is 7.46. The highest BCUT2D eigenvalue weighted by Gasteiger charge is 2.20. The smallest absolute Gasteiger partial charge is 0.255 e. The molecule has 1 amide bonds. The summed E-state index contributed by atoms with van der Waals surface area (Å²) in [6, 6.07) is 1.69. The Balaban J connectivity index is 1.72. The molecule has 0 atom stereocenters. The molecule has 1 saturated heterocycles. The Morgan fingerprint density at radius 3 is 2.83 bits per heavy atom. The van der Waals surface area contributed by atoms with Gasteiger partial charge in [-0.25, -0.2) is 9.97 Å². The molecule has 128 valence electrons. The van der Waals surface area contributed by atoms with Crippen LogP contribution >= 0.6 is 22.9 Å². The summed E-state index contributed by atoms with van der Waals surface area (Å²) in [6.45, 7) is 4.93. The van der Waals surface area contributed by atoms with E-state index in [1.54, 1.807) is 28.5 Å². The Morgan fingerprint density at radius 2 is 2.21 bits per heavy atom. The molecule has 0 spiro atoms. The minimum absolute atomic E-state index is 0.0583. The third kappa shape index (κ3) is 3.85. The predicted octanol–water partition coefficient (Wildman–Crippen LogP) is 2.61. The van der Waals surface area contributed by atoms with Crippen molar-refractivity contribution in [1.29, 1.82) is 0 Å². The third-order valence-corrected chi connectivity index (χ3v) is 4.89. The highest BCUT2D eigenvalue weighted by Crippen LogP contribution is 2.25. The van der Waals surface area contributed by atoms with Gasteiger partial charge in [-0.3, -0.25) is 4.79 Å². The number of anilines is 1. The van der Waals surface area contributed by atoms with Gasteiger partial charge in [-0.05, 0) is 13.0 Å². The van der Waals surface area contributed by atoms with E-state index in [0.717, 1.165) is 10.7 Å². The maximum absolute atomic E-state index is 12.5. The predicted molar refractivity (Wildman–Crippen MR) is 94.9 cm³/mol. The van der Waals surface area contributed by atoms with E-state index in [9.17, 15) is 4.79 Å². The molecule has 0 unspecified atom stereocenters. The minimum atomic E-state index is -0.0583. The van der Waals surface area contributed by atoms with Crippen molar-refractivity contribution >= 4 is 34.7 Å². The molecule has 2 aromatic rings. The number of aromatic nitrogens is 2. The van der Waals surface area contributed by atoms with Gasteiger partial charge >= 0.3 is 0 Å². The standard InChI is InChI=1S/C16H19ClN4O2S/c1-11-19-13(10-24-11)9-20(2)15-14(17)7-12(8-18-15)16(22)21-3-5-23-6-4-21/h7-8,10H,3-6,9H2,1-2H3. The lowest BCUT2D eigenvalue weighted by atomic mass is 10.2. The molecule has 1 aliphatic heterocycles. The summed E-state index contributed by atoms with van der Waals surface area (Å²) >= 11 is 7.98. The Morgan fingerprint density at radius 1 is 1.46 bits per heavy atom. The van der Waals surface area contributed by atoms with Crippen molar-refractivity contribution in [2.45, 2.75) is 13.5 Å². The molecule has 6 nitrogen and oxygen atoms in total. The van der Waals surface area contributed by atoms with Gasteiger partial charge in [0.05, 0.1) is 41.0 Å². The highest BCUT2D eigenvalue weighted by molar-refractivity contribution is 7.09. The molecule has 0 aliphatic carbocycles. The minimum Gasteiger partial charge on any atom is -0.378 e. The zero-order chi connectivity index (χ0) is 17.1. The molecule has 0 saturated carbocycles. The van der Waals surface area contributed by atoms with Gasteiger partial charge in [-0.1, -0.05) is 11.6 Å². The number of hydrogen-bond donors (Lipinski definition) is 0. The fourth-order valence-corrected chi connectivity index (χ4v) is 3.49. The number of aryl methyl sites for hydroxylation is 1. The number of carbonyl (C=O) groups excluding carboxylic acids is 1. The number of thiazole rings is 1. The van der Waals surface area contributed by atoms with Gasteiger partial charge in [0.2, 0.25) is 0 Å². The molecule has 0 N–H and O–H groups in total. The average Bonchev–Trinajstić information content (AvgIpc) is 2.99. The summed E-state index contributed by atoms with van der Waals surface area (Å²) in [4.78, 5) is 25.0. The summed E-state index contributed by atoms with van der Waals surface area (Å²) in [5.74, 6) is 0.581. The first-order chi connectivity index (χ1) is 11.5. The van der Waals surface area contributed by atoms with Crippen molar-refractivity contribution in [3.05, 3.63) is 38.9 Å². The summed E-state index contributed by atoms with van der Waals surface area (Å²) in [5.41, 5.74) is 1.48. The molecule has 0 radical (unpaired) electrons. The van der Waals surface area contributed by atoms with Crippen LogP contribution in [0.2, 0.25) is 5.02 Å². The van der Waals surface area contributed by atoms with Crippen LogP contribution in [0.25, 0.3) is 0 Å². The fraction of sp³-hybridized carbons (Fsp3) is 0.438. The van der Waals surface area contributed by atoms with Crippen LogP contribution in [0.3, 0.4) is 0 Å². The average molecular weight is 367 g/mol. The number of carbonyl (C=O) groups is 1. The van der Waals surface area contributed by atoms with E-state index in [1.165, 1.54) is 0 Å². The van der Waals surface area contributed by atoms with Crippen LogP contribution in [0, 0.1) is 6.92 Å². The van der Waals surface area contributed by atoms with Crippen molar-refractivity contribution in [3.8, 4) is 0 Å². The number of nitrogens with zero attached hydrogens (tertiary/aromatic N) is 4. The van der Waals surface area contributed by atoms with Crippen LogP contribution in [0.5, 0.6) is 0 Å². The zero-order valence-corrected chi connectivity index (χ0v) is 15.2. The quantitative estimate of drug-likeness (QED) is 0.832. The number of ether oxygens (including phenoxy) is 1. The zero-order valence-electron chi connectivity index (χ0n) is 13.7. The lowest BCUT2D eigenvalue weighted by Gasteiger charge is -2.27. The van der Waals surface area contributed by atoms with E-state index >= 15 is 0 Å². The Hall–Kier alpha value is -1.70. The lowest BCUT2D eigenvalue weighted by molar-refractivity contribution is 0.0302. The lowest BCUT2D eigenvalue weighted by Crippen LogP contribution is -2.40. The number of halogens is 1. The largest absolute Gasteiger partial charge is 0.378 e. The van der Waals surface area contributed by atoms with Crippen LogP contribution in [0.4, 0.5) is 5.82 Å². The first-order valence-corrected chi connectivity index (χ1v) is 8.95. The summed E-state index contributed by atoms with van der Waals surface area (Å²) < 4.78 is 5.27. The van der Waals surface area contributed by atoms with Crippen molar-refractivity contribution in [2.24, 2.45) is 0 Å².